The van der Waals surface area contributed by atoms with Crippen molar-refractivity contribution in [2.24, 2.45) is 0 Å². The van der Waals surface area contributed by atoms with Crippen LogP contribution >= 0.6 is 22.9 Å². The molecule has 0 fully saturated rings. The second kappa shape index (κ2) is 8.62. The molecule has 0 radical (unpaired) electrons. The van der Waals surface area contributed by atoms with Gasteiger partial charge in [0.25, 0.3) is 0 Å². The van der Waals surface area contributed by atoms with Gasteiger partial charge >= 0.3 is 11.9 Å². The first-order chi connectivity index (χ1) is 13.8. The summed E-state index contributed by atoms with van der Waals surface area (Å²) in [4.78, 5) is 19.6. The maximum Gasteiger partial charge on any atom is 0.416 e. The van der Waals surface area contributed by atoms with Gasteiger partial charge in [0, 0.05) is 11.4 Å². The second-order valence-corrected chi connectivity index (χ2v) is 7.19. The van der Waals surface area contributed by atoms with Gasteiger partial charge in [0.1, 0.15) is 6.33 Å². The molecule has 3 rings (SSSR count). The number of hydrogen-bond donors (Lipinski definition) is 2. The van der Waals surface area contributed by atoms with Crippen LogP contribution in [0.4, 0.5) is 36.2 Å². The van der Waals surface area contributed by atoms with Crippen LogP contribution in [0.3, 0.4) is 0 Å². The predicted molar refractivity (Wildman–Crippen MR) is 105 cm³/mol. The van der Waals surface area contributed by atoms with E-state index in [1.165, 1.54) is 0 Å². The Morgan fingerprint density at radius 3 is 2.62 bits per heavy atom. The van der Waals surface area contributed by atoms with Gasteiger partial charge in [-0.2, -0.15) is 13.2 Å². The van der Waals surface area contributed by atoms with Crippen molar-refractivity contribution in [3.63, 3.8) is 0 Å². The van der Waals surface area contributed by atoms with E-state index in [1.54, 1.807) is 11.3 Å². The summed E-state index contributed by atoms with van der Waals surface area (Å²) in [5.74, 6) is -0.322. The number of anilines is 3. The lowest BCUT2D eigenvalue weighted by atomic mass is 10.2. The topological polar surface area (TPSA) is 93.0 Å². The number of benzene rings is 1. The number of nitrogens with zero attached hydrogens (tertiary/aromatic N) is 3. The van der Waals surface area contributed by atoms with Gasteiger partial charge in [-0.1, -0.05) is 17.7 Å². The highest BCUT2D eigenvalue weighted by atomic mass is 35.5. The average molecular weight is 444 g/mol. The summed E-state index contributed by atoms with van der Waals surface area (Å²) < 4.78 is 38.9. The van der Waals surface area contributed by atoms with Crippen LogP contribution in [0.25, 0.3) is 0 Å². The molecule has 0 aliphatic heterocycles. The number of nitrogens with one attached hydrogen (secondary N) is 2. The zero-order chi connectivity index (χ0) is 21.0. The molecule has 2 N–H and O–H groups in total. The van der Waals surface area contributed by atoms with Crippen LogP contribution in [0.2, 0.25) is 5.02 Å². The lowest BCUT2D eigenvalue weighted by Crippen LogP contribution is -2.11. The second-order valence-electron chi connectivity index (χ2n) is 5.75. The molecule has 1 aromatic carbocycles. The van der Waals surface area contributed by atoms with Crippen LogP contribution in [0.15, 0.2) is 42.0 Å². The maximum absolute atomic E-state index is 13.0. The van der Waals surface area contributed by atoms with Crippen LogP contribution in [0.1, 0.15) is 10.4 Å². The number of halogens is 4. The third kappa shape index (κ3) is 5.12. The summed E-state index contributed by atoms with van der Waals surface area (Å²) in [7, 11) is 0. The number of alkyl halides is 3. The van der Waals surface area contributed by atoms with Gasteiger partial charge in [0.2, 0.25) is 11.6 Å². The van der Waals surface area contributed by atoms with Crippen molar-refractivity contribution >= 4 is 45.9 Å². The Labute approximate surface area is 171 Å². The number of hydrogen-bond acceptors (Lipinski definition) is 7. The van der Waals surface area contributed by atoms with Crippen LogP contribution in [0, 0.1) is 10.1 Å². The molecule has 152 valence electrons. The summed E-state index contributed by atoms with van der Waals surface area (Å²) in [5, 5.41) is 18.8. The van der Waals surface area contributed by atoms with Crippen LogP contribution < -0.4 is 10.6 Å². The van der Waals surface area contributed by atoms with E-state index in [2.05, 4.69) is 20.6 Å². The minimum Gasteiger partial charge on any atom is -0.364 e. The molecular weight excluding hydrogens is 431 g/mol. The molecule has 0 amide bonds. The quantitative estimate of drug-likeness (QED) is 0.369. The highest BCUT2D eigenvalue weighted by molar-refractivity contribution is 7.09. The highest BCUT2D eigenvalue weighted by Crippen LogP contribution is 2.37. The number of rotatable bonds is 7. The van der Waals surface area contributed by atoms with Crippen LogP contribution in [0.5, 0.6) is 0 Å². The lowest BCUT2D eigenvalue weighted by Gasteiger charge is -2.13. The monoisotopic (exact) mass is 443 g/mol. The van der Waals surface area contributed by atoms with Gasteiger partial charge in [-0.3, -0.25) is 10.1 Å². The molecule has 29 heavy (non-hydrogen) atoms. The fourth-order valence-corrected chi connectivity index (χ4v) is 3.33. The Bertz CT molecular complexity index is 1010. The molecule has 0 saturated heterocycles. The zero-order valence-electron chi connectivity index (χ0n) is 14.5. The van der Waals surface area contributed by atoms with Crippen molar-refractivity contribution in [1.29, 1.82) is 0 Å². The zero-order valence-corrected chi connectivity index (χ0v) is 16.1. The van der Waals surface area contributed by atoms with E-state index in [-0.39, 0.29) is 22.3 Å². The SMILES string of the molecule is O=[N+]([O-])c1c(NCCc2cccs2)ncnc1Nc1cc(C(F)(F)F)ccc1Cl. The van der Waals surface area contributed by atoms with Crippen LogP contribution in [-0.2, 0) is 12.6 Å². The fraction of sp³-hybridized carbons (Fsp3) is 0.176. The fourth-order valence-electron chi connectivity index (χ4n) is 2.46. The summed E-state index contributed by atoms with van der Waals surface area (Å²) in [6, 6.07) is 6.47. The molecule has 0 bridgehead atoms. The third-order valence-electron chi connectivity index (χ3n) is 3.80. The molecule has 3 aromatic rings. The molecule has 0 unspecified atom stereocenters. The Hall–Kier alpha value is -2.92. The van der Waals surface area contributed by atoms with E-state index < -0.39 is 22.4 Å². The van der Waals surface area contributed by atoms with Crippen molar-refractivity contribution < 1.29 is 18.1 Å². The largest absolute Gasteiger partial charge is 0.416 e. The van der Waals surface area contributed by atoms with Crippen LogP contribution in [-0.4, -0.2) is 21.4 Å². The summed E-state index contributed by atoms with van der Waals surface area (Å²) in [6.45, 7) is 0.377. The Morgan fingerprint density at radius 2 is 1.97 bits per heavy atom. The van der Waals surface area contributed by atoms with Crippen molar-refractivity contribution in [2.75, 3.05) is 17.2 Å². The van der Waals surface area contributed by atoms with Gasteiger partial charge < -0.3 is 10.6 Å². The first-order valence-electron chi connectivity index (χ1n) is 8.15. The molecule has 0 saturated carbocycles. The first-order valence-corrected chi connectivity index (χ1v) is 9.41. The molecular formula is C17H13ClF3N5O2S. The minimum atomic E-state index is -4.59. The maximum atomic E-state index is 13.0. The average Bonchev–Trinajstić information content (AvgIpc) is 3.16. The van der Waals surface area contributed by atoms with E-state index in [0.29, 0.717) is 13.0 Å². The molecule has 0 spiro atoms. The predicted octanol–water partition coefficient (Wildman–Crippen LogP) is 5.52. The Morgan fingerprint density at radius 1 is 1.21 bits per heavy atom. The molecule has 0 aliphatic carbocycles. The molecule has 2 aromatic heterocycles. The van der Waals surface area contributed by atoms with E-state index in [1.807, 2.05) is 17.5 Å². The van der Waals surface area contributed by atoms with Gasteiger partial charge in [0.05, 0.1) is 21.2 Å². The number of nitro groups is 1. The van der Waals surface area contributed by atoms with Crippen molar-refractivity contribution in [3.05, 3.63) is 67.6 Å². The molecule has 7 nitrogen and oxygen atoms in total. The van der Waals surface area contributed by atoms with E-state index in [9.17, 15) is 23.3 Å². The normalized spacial score (nSPS) is 11.3. The standard InChI is InChI=1S/C17H13ClF3N5O2S/c18-12-4-3-10(17(19,20)21)8-13(12)25-16-14(26(27)28)15(23-9-24-16)22-6-5-11-2-1-7-29-11/h1-4,7-9H,5-6H2,(H2,22,23,24,25). The number of aromatic nitrogens is 2. The molecule has 0 atom stereocenters. The van der Waals surface area contributed by atoms with Gasteiger partial charge in [-0.15, -0.1) is 11.3 Å². The van der Waals surface area contributed by atoms with Crippen molar-refractivity contribution in [3.8, 4) is 0 Å². The smallest absolute Gasteiger partial charge is 0.364 e. The first kappa shape index (κ1) is 20.8. The van der Waals surface area contributed by atoms with Gasteiger partial charge in [-0.25, -0.2) is 9.97 Å². The van der Waals surface area contributed by atoms with E-state index >= 15 is 0 Å². The summed E-state index contributed by atoms with van der Waals surface area (Å²) >= 11 is 7.50. The minimum absolute atomic E-state index is 0.0434. The van der Waals surface area contributed by atoms with Gasteiger partial charge in [-0.05, 0) is 36.1 Å². The van der Waals surface area contributed by atoms with Crippen molar-refractivity contribution in [1.82, 2.24) is 9.97 Å². The van der Waals surface area contributed by atoms with E-state index in [4.69, 9.17) is 11.6 Å². The van der Waals surface area contributed by atoms with Gasteiger partial charge in [0.15, 0.2) is 0 Å². The lowest BCUT2D eigenvalue weighted by molar-refractivity contribution is -0.383. The van der Waals surface area contributed by atoms with Crippen molar-refractivity contribution in [2.45, 2.75) is 12.6 Å². The summed E-state index contributed by atoms with van der Waals surface area (Å²) in [6.07, 6.45) is -2.89. The summed E-state index contributed by atoms with van der Waals surface area (Å²) in [5.41, 5.74) is -1.60. The third-order valence-corrected chi connectivity index (χ3v) is 5.06. The molecule has 2 heterocycles. The Kier molecular flexibility index (Phi) is 6.18. The molecule has 0 aliphatic rings. The van der Waals surface area contributed by atoms with E-state index in [0.717, 1.165) is 29.4 Å². The number of thiophene rings is 1. The Balaban J connectivity index is 1.87. The highest BCUT2D eigenvalue weighted by Gasteiger charge is 2.31. The molecule has 12 heteroatoms.